The van der Waals surface area contributed by atoms with E-state index in [2.05, 4.69) is 4.40 Å². The van der Waals surface area contributed by atoms with E-state index in [9.17, 15) is 13.2 Å². The number of carbonyl (C=O) groups excluding carboxylic acids is 1. The van der Waals surface area contributed by atoms with Crippen LogP contribution in [-0.4, -0.2) is 56.0 Å². The van der Waals surface area contributed by atoms with Gasteiger partial charge in [0, 0.05) is 25.2 Å². The van der Waals surface area contributed by atoms with Crippen molar-refractivity contribution in [1.29, 1.82) is 0 Å². The molecule has 8 heteroatoms. The molecule has 0 saturated carbocycles. The Bertz CT molecular complexity index is 876. The van der Waals surface area contributed by atoms with Gasteiger partial charge in [0.1, 0.15) is 11.4 Å². The molecule has 7 nitrogen and oxygen atoms in total. The summed E-state index contributed by atoms with van der Waals surface area (Å²) < 4.78 is 35.2. The molecule has 1 amide bonds. The molecule has 1 atom stereocenters. The van der Waals surface area contributed by atoms with Gasteiger partial charge in [-0.2, -0.15) is 8.42 Å². The van der Waals surface area contributed by atoms with Gasteiger partial charge < -0.3 is 9.64 Å². The molecule has 0 N–H and O–H groups in total. The molecular weight excluding hydrogens is 354 g/mol. The smallest absolute Gasteiger partial charge is 0.345 e. The Labute approximate surface area is 154 Å². The molecule has 0 unspecified atom stereocenters. The minimum Gasteiger partial charge on any atom is -0.496 e. The number of likely N-dealkylation sites (N-methyl/N-ethyl adjacent to an activating group) is 1. The predicted octanol–water partition coefficient (Wildman–Crippen LogP) is 1.96. The van der Waals surface area contributed by atoms with Crippen molar-refractivity contribution in [3.05, 3.63) is 41.6 Å². The molecule has 1 fully saturated rings. The standard InChI is InChI=1S/C18H23N3O4S/c1-13-8-6-7-11-21(13)18(22)16-12-15(19-26(23,24)20(16)2)14-9-4-5-10-17(14)25-3/h4-5,9-10,12-13H,6-8,11H2,1-3H3/t13-/m1/s1. The van der Waals surface area contributed by atoms with E-state index in [1.165, 1.54) is 20.2 Å². The molecule has 1 saturated heterocycles. The number of ether oxygens (including phenoxy) is 1. The van der Waals surface area contributed by atoms with Crippen LogP contribution in [0.3, 0.4) is 0 Å². The summed E-state index contributed by atoms with van der Waals surface area (Å²) >= 11 is 0. The third-order valence-corrected chi connectivity index (χ3v) is 6.15. The van der Waals surface area contributed by atoms with Crippen molar-refractivity contribution in [1.82, 2.24) is 9.21 Å². The van der Waals surface area contributed by atoms with Gasteiger partial charge in [0.15, 0.2) is 0 Å². The Balaban J connectivity index is 2.05. The minimum absolute atomic E-state index is 0.0850. The first-order valence-electron chi connectivity index (χ1n) is 8.60. The summed E-state index contributed by atoms with van der Waals surface area (Å²) in [4.78, 5) is 14.8. The topological polar surface area (TPSA) is 79.3 Å². The quantitative estimate of drug-likeness (QED) is 0.807. The predicted molar refractivity (Wildman–Crippen MR) is 99.3 cm³/mol. The fraction of sp³-hybridized carbons (Fsp3) is 0.444. The second-order valence-corrected chi connectivity index (χ2v) is 8.12. The van der Waals surface area contributed by atoms with Crippen molar-refractivity contribution >= 4 is 21.8 Å². The van der Waals surface area contributed by atoms with E-state index in [4.69, 9.17) is 4.74 Å². The number of carbonyl (C=O) groups is 1. The third kappa shape index (κ3) is 3.33. The maximum atomic E-state index is 13.1. The zero-order valence-electron chi connectivity index (χ0n) is 15.2. The number of rotatable bonds is 3. The normalized spacial score (nSPS) is 22.5. The van der Waals surface area contributed by atoms with Crippen molar-refractivity contribution in [2.45, 2.75) is 32.2 Å². The summed E-state index contributed by atoms with van der Waals surface area (Å²) in [7, 11) is -1.12. The van der Waals surface area contributed by atoms with Gasteiger partial charge in [-0.3, -0.25) is 4.79 Å². The zero-order valence-corrected chi connectivity index (χ0v) is 16.0. The van der Waals surface area contributed by atoms with E-state index < -0.39 is 10.2 Å². The largest absolute Gasteiger partial charge is 0.496 e. The van der Waals surface area contributed by atoms with E-state index in [0.29, 0.717) is 17.9 Å². The first-order chi connectivity index (χ1) is 12.3. The van der Waals surface area contributed by atoms with Crippen LogP contribution in [0, 0.1) is 0 Å². The molecule has 0 aliphatic carbocycles. The monoisotopic (exact) mass is 377 g/mol. The summed E-state index contributed by atoms with van der Waals surface area (Å²) in [6.07, 6.45) is 4.45. The van der Waals surface area contributed by atoms with Crippen LogP contribution in [0.5, 0.6) is 5.75 Å². The lowest BCUT2D eigenvalue weighted by molar-refractivity contribution is -0.131. The van der Waals surface area contributed by atoms with Gasteiger partial charge in [-0.15, -0.1) is 4.40 Å². The van der Waals surface area contributed by atoms with Crippen molar-refractivity contribution in [3.8, 4) is 5.75 Å². The number of likely N-dealkylation sites (tertiary alicyclic amines) is 1. The van der Waals surface area contributed by atoms with Crippen LogP contribution in [0.2, 0.25) is 0 Å². The molecule has 0 bridgehead atoms. The second kappa shape index (κ2) is 7.11. The van der Waals surface area contributed by atoms with E-state index in [-0.39, 0.29) is 23.4 Å². The average molecular weight is 377 g/mol. The SMILES string of the molecule is COc1ccccc1C1=NS(=O)(=O)N(C)C(C(=O)N2CCCC[C@H]2C)=C1. The lowest BCUT2D eigenvalue weighted by Gasteiger charge is -2.36. The number of benzene rings is 1. The van der Waals surface area contributed by atoms with Crippen LogP contribution in [0.25, 0.3) is 0 Å². The first-order valence-corrected chi connectivity index (χ1v) is 9.99. The van der Waals surface area contributed by atoms with E-state index in [1.807, 2.05) is 6.92 Å². The zero-order chi connectivity index (χ0) is 18.9. The van der Waals surface area contributed by atoms with Crippen molar-refractivity contribution < 1.29 is 17.9 Å². The number of hydrogen-bond donors (Lipinski definition) is 0. The van der Waals surface area contributed by atoms with E-state index >= 15 is 0 Å². The second-order valence-electron chi connectivity index (χ2n) is 6.50. The van der Waals surface area contributed by atoms with Gasteiger partial charge >= 0.3 is 10.2 Å². The molecule has 2 aliphatic rings. The molecular formula is C18H23N3O4S. The Morgan fingerprint density at radius 2 is 2.00 bits per heavy atom. The Kier molecular flexibility index (Phi) is 5.04. The number of piperidine rings is 1. The molecule has 0 spiro atoms. The van der Waals surface area contributed by atoms with Crippen LogP contribution in [0.4, 0.5) is 0 Å². The lowest BCUT2D eigenvalue weighted by atomic mass is 10.0. The number of nitrogens with zero attached hydrogens (tertiary/aromatic N) is 3. The molecule has 26 heavy (non-hydrogen) atoms. The average Bonchev–Trinajstić information content (AvgIpc) is 2.63. The summed E-state index contributed by atoms with van der Waals surface area (Å²) in [5.41, 5.74) is 0.840. The summed E-state index contributed by atoms with van der Waals surface area (Å²) in [5, 5.41) is 0. The highest BCUT2D eigenvalue weighted by molar-refractivity contribution is 7.88. The summed E-state index contributed by atoms with van der Waals surface area (Å²) in [6.45, 7) is 2.62. The number of allylic oxidation sites excluding steroid dienone is 1. The van der Waals surface area contributed by atoms with Crippen molar-refractivity contribution in [2.75, 3.05) is 20.7 Å². The molecule has 2 aliphatic heterocycles. The highest BCUT2D eigenvalue weighted by Gasteiger charge is 2.35. The van der Waals surface area contributed by atoms with Crippen LogP contribution in [0.15, 0.2) is 40.4 Å². The first kappa shape index (κ1) is 18.4. The number of methoxy groups -OCH3 is 1. The molecule has 0 radical (unpaired) electrons. The van der Waals surface area contributed by atoms with Gasteiger partial charge in [0.05, 0.1) is 12.8 Å². The van der Waals surface area contributed by atoms with Crippen LogP contribution in [-0.2, 0) is 15.0 Å². The van der Waals surface area contributed by atoms with Crippen LogP contribution < -0.4 is 4.74 Å². The Hall–Kier alpha value is -2.35. The van der Waals surface area contributed by atoms with E-state index in [1.54, 1.807) is 29.2 Å². The molecule has 140 valence electrons. The van der Waals surface area contributed by atoms with Gasteiger partial charge in [0.25, 0.3) is 5.91 Å². The Morgan fingerprint density at radius 1 is 1.27 bits per heavy atom. The van der Waals surface area contributed by atoms with Gasteiger partial charge in [-0.1, -0.05) is 12.1 Å². The highest BCUT2D eigenvalue weighted by atomic mass is 32.2. The van der Waals surface area contributed by atoms with Gasteiger partial charge in [-0.25, -0.2) is 4.31 Å². The Morgan fingerprint density at radius 3 is 2.69 bits per heavy atom. The number of amides is 1. The van der Waals surface area contributed by atoms with Crippen LogP contribution >= 0.6 is 0 Å². The maximum Gasteiger partial charge on any atom is 0.345 e. The highest BCUT2D eigenvalue weighted by Crippen LogP contribution is 2.27. The van der Waals surface area contributed by atoms with Gasteiger partial charge in [-0.05, 0) is 44.4 Å². The third-order valence-electron chi connectivity index (χ3n) is 4.84. The molecule has 1 aromatic carbocycles. The van der Waals surface area contributed by atoms with Crippen molar-refractivity contribution in [2.24, 2.45) is 4.40 Å². The van der Waals surface area contributed by atoms with Crippen LogP contribution in [0.1, 0.15) is 31.7 Å². The lowest BCUT2D eigenvalue weighted by Crippen LogP contribution is -2.46. The number of para-hydroxylation sites is 1. The summed E-state index contributed by atoms with van der Waals surface area (Å²) in [5.74, 6) is 0.214. The van der Waals surface area contributed by atoms with E-state index in [0.717, 1.165) is 23.6 Å². The number of hydrogen-bond acceptors (Lipinski definition) is 4. The maximum absolute atomic E-state index is 13.1. The molecule has 3 rings (SSSR count). The summed E-state index contributed by atoms with van der Waals surface area (Å²) in [6, 6.07) is 7.10. The fourth-order valence-electron chi connectivity index (χ4n) is 3.28. The minimum atomic E-state index is -3.98. The fourth-order valence-corrected chi connectivity index (χ4v) is 4.18. The molecule has 2 heterocycles. The van der Waals surface area contributed by atoms with Gasteiger partial charge in [0.2, 0.25) is 0 Å². The van der Waals surface area contributed by atoms with Crippen molar-refractivity contribution in [3.63, 3.8) is 0 Å². The molecule has 0 aromatic heterocycles. The molecule has 1 aromatic rings.